The van der Waals surface area contributed by atoms with E-state index in [2.05, 4.69) is 9.89 Å². The van der Waals surface area contributed by atoms with Gasteiger partial charge in [0.2, 0.25) is 5.78 Å². The van der Waals surface area contributed by atoms with Crippen LogP contribution in [0.1, 0.15) is 73.1 Å². The molecule has 0 heterocycles. The molecule has 41 heavy (non-hydrogen) atoms. The second kappa shape index (κ2) is 13.7. The van der Waals surface area contributed by atoms with E-state index in [1.54, 1.807) is 37.3 Å². The SMILES string of the molecule is CCOC(=O)C(=O)c1ccc(-c2ccc(-c3ccccc3C(=O)C(CC3CCCCC3)=NOC(C)=O)cc2)cc1F. The van der Waals surface area contributed by atoms with Crippen LogP contribution in [-0.4, -0.2) is 35.8 Å². The third-order valence-corrected chi connectivity index (χ3v) is 7.13. The minimum absolute atomic E-state index is 0.0200. The van der Waals surface area contributed by atoms with Gasteiger partial charge in [0.05, 0.1) is 12.2 Å². The molecule has 212 valence electrons. The summed E-state index contributed by atoms with van der Waals surface area (Å²) in [7, 11) is 0. The minimum atomic E-state index is -1.10. The highest BCUT2D eigenvalue weighted by Crippen LogP contribution is 2.31. The molecule has 0 aromatic heterocycles. The number of esters is 1. The van der Waals surface area contributed by atoms with Gasteiger partial charge in [-0.05, 0) is 53.6 Å². The molecule has 0 unspecified atom stereocenters. The molecule has 0 amide bonds. The molecule has 3 aromatic carbocycles. The number of carbonyl (C=O) groups excluding carboxylic acids is 4. The number of nitrogens with zero attached hydrogens (tertiary/aromatic N) is 1. The Balaban J connectivity index is 1.59. The minimum Gasteiger partial charge on any atom is -0.460 e. The predicted octanol–water partition coefficient (Wildman–Crippen LogP) is 6.98. The van der Waals surface area contributed by atoms with E-state index in [4.69, 9.17) is 4.84 Å². The molecular formula is C33H32FNO6. The van der Waals surface area contributed by atoms with Crippen molar-refractivity contribution < 1.29 is 33.1 Å². The summed E-state index contributed by atoms with van der Waals surface area (Å²) in [5.74, 6) is -3.52. The van der Waals surface area contributed by atoms with Crippen molar-refractivity contribution in [2.24, 2.45) is 11.1 Å². The fraction of sp³-hybridized carbons (Fsp3) is 0.303. The van der Waals surface area contributed by atoms with E-state index in [9.17, 15) is 23.6 Å². The van der Waals surface area contributed by atoms with Crippen LogP contribution in [0.5, 0.6) is 0 Å². The van der Waals surface area contributed by atoms with E-state index in [0.717, 1.165) is 31.2 Å². The standard InChI is InChI=1S/C33H32FNO6/c1-3-40-33(39)32(38)28-18-17-25(20-29(28)34)23-13-15-24(16-14-23)26-11-7-8-12-27(26)31(37)30(35-41-21(2)36)19-22-9-5-4-6-10-22/h7-8,11-18,20,22H,3-6,9-10,19H2,1-2H3. The normalized spacial score (nSPS) is 13.9. The van der Waals surface area contributed by atoms with Gasteiger partial charge < -0.3 is 9.57 Å². The summed E-state index contributed by atoms with van der Waals surface area (Å²) in [5, 5.41) is 3.96. The van der Waals surface area contributed by atoms with Crippen LogP contribution in [0.2, 0.25) is 0 Å². The number of carbonyl (C=O) groups is 4. The predicted molar refractivity (Wildman–Crippen MR) is 153 cm³/mol. The van der Waals surface area contributed by atoms with Gasteiger partial charge in [0.25, 0.3) is 5.78 Å². The highest BCUT2D eigenvalue weighted by Gasteiger charge is 2.25. The zero-order valence-corrected chi connectivity index (χ0v) is 23.2. The van der Waals surface area contributed by atoms with E-state index in [0.29, 0.717) is 34.6 Å². The molecule has 0 saturated heterocycles. The van der Waals surface area contributed by atoms with Crippen LogP contribution >= 0.6 is 0 Å². The highest BCUT2D eigenvalue weighted by atomic mass is 19.1. The summed E-state index contributed by atoms with van der Waals surface area (Å²) in [6.45, 7) is 2.83. The molecule has 4 rings (SSSR count). The summed E-state index contributed by atoms with van der Waals surface area (Å²) in [6, 6.07) is 18.4. The molecular weight excluding hydrogens is 525 g/mol. The van der Waals surface area contributed by atoms with Crippen molar-refractivity contribution in [1.29, 1.82) is 0 Å². The van der Waals surface area contributed by atoms with Crippen LogP contribution in [0.25, 0.3) is 22.3 Å². The average molecular weight is 558 g/mol. The van der Waals surface area contributed by atoms with Crippen LogP contribution in [0.3, 0.4) is 0 Å². The number of ketones is 2. The van der Waals surface area contributed by atoms with Crippen molar-refractivity contribution in [2.75, 3.05) is 6.61 Å². The maximum atomic E-state index is 14.7. The Labute approximate surface area is 238 Å². The lowest BCUT2D eigenvalue weighted by Gasteiger charge is -2.21. The van der Waals surface area contributed by atoms with Crippen molar-refractivity contribution in [3.63, 3.8) is 0 Å². The lowest BCUT2D eigenvalue weighted by molar-refractivity contribution is -0.141. The summed E-state index contributed by atoms with van der Waals surface area (Å²) in [6.07, 6.45) is 5.86. The Kier molecular flexibility index (Phi) is 9.90. The summed E-state index contributed by atoms with van der Waals surface area (Å²) >= 11 is 0. The number of rotatable bonds is 10. The molecule has 0 bridgehead atoms. The van der Waals surface area contributed by atoms with Crippen LogP contribution in [0, 0.1) is 11.7 Å². The largest absolute Gasteiger partial charge is 0.460 e. The fourth-order valence-corrected chi connectivity index (χ4v) is 5.07. The Hall–Kier alpha value is -4.46. The van der Waals surface area contributed by atoms with Gasteiger partial charge >= 0.3 is 11.9 Å². The second-order valence-electron chi connectivity index (χ2n) is 10.0. The van der Waals surface area contributed by atoms with Crippen molar-refractivity contribution >= 4 is 29.2 Å². The van der Waals surface area contributed by atoms with E-state index in [1.807, 2.05) is 24.3 Å². The fourth-order valence-electron chi connectivity index (χ4n) is 5.07. The van der Waals surface area contributed by atoms with Crippen molar-refractivity contribution in [1.82, 2.24) is 0 Å². The first kappa shape index (κ1) is 29.5. The molecule has 1 aliphatic carbocycles. The first-order chi connectivity index (χ1) is 19.8. The lowest BCUT2D eigenvalue weighted by atomic mass is 9.84. The number of Topliss-reactive ketones (excluding diaryl/α,β-unsaturated/α-hetero) is 2. The smallest absolute Gasteiger partial charge is 0.379 e. The zero-order valence-electron chi connectivity index (χ0n) is 23.2. The molecule has 1 aliphatic rings. The number of hydrogen-bond acceptors (Lipinski definition) is 7. The van der Waals surface area contributed by atoms with E-state index in [-0.39, 0.29) is 23.7 Å². The van der Waals surface area contributed by atoms with Gasteiger partial charge in [0.15, 0.2) is 0 Å². The molecule has 7 nitrogen and oxygen atoms in total. The lowest BCUT2D eigenvalue weighted by Crippen LogP contribution is -2.21. The second-order valence-corrected chi connectivity index (χ2v) is 10.0. The molecule has 3 aromatic rings. The average Bonchev–Trinajstić information content (AvgIpc) is 2.99. The molecule has 1 saturated carbocycles. The molecule has 0 radical (unpaired) electrons. The number of ether oxygens (including phenoxy) is 1. The van der Waals surface area contributed by atoms with Crippen molar-refractivity contribution in [3.05, 3.63) is 83.7 Å². The molecule has 1 fully saturated rings. The van der Waals surface area contributed by atoms with Crippen LogP contribution in [0.4, 0.5) is 4.39 Å². The maximum Gasteiger partial charge on any atom is 0.379 e. The Morgan fingerprint density at radius 2 is 1.49 bits per heavy atom. The van der Waals surface area contributed by atoms with Gasteiger partial charge in [0.1, 0.15) is 11.5 Å². The monoisotopic (exact) mass is 557 g/mol. The topological polar surface area (TPSA) is 99.1 Å². The summed E-state index contributed by atoms with van der Waals surface area (Å²) < 4.78 is 19.4. The molecule has 0 aliphatic heterocycles. The third-order valence-electron chi connectivity index (χ3n) is 7.13. The summed E-state index contributed by atoms with van der Waals surface area (Å²) in [4.78, 5) is 53.9. The van der Waals surface area contributed by atoms with Gasteiger partial charge in [-0.2, -0.15) is 0 Å². The van der Waals surface area contributed by atoms with Gasteiger partial charge in [-0.15, -0.1) is 0 Å². The maximum absolute atomic E-state index is 14.7. The molecule has 0 N–H and O–H groups in total. The Morgan fingerprint density at radius 3 is 2.15 bits per heavy atom. The van der Waals surface area contributed by atoms with E-state index in [1.165, 1.54) is 25.5 Å². The van der Waals surface area contributed by atoms with Crippen LogP contribution in [0.15, 0.2) is 71.9 Å². The quantitative estimate of drug-likeness (QED) is 0.0666. The van der Waals surface area contributed by atoms with E-state index >= 15 is 0 Å². The molecule has 0 spiro atoms. The van der Waals surface area contributed by atoms with Gasteiger partial charge in [-0.25, -0.2) is 14.0 Å². The number of hydrogen-bond donors (Lipinski definition) is 0. The first-order valence-corrected chi connectivity index (χ1v) is 13.8. The zero-order chi connectivity index (χ0) is 29.4. The number of halogens is 1. The highest BCUT2D eigenvalue weighted by molar-refractivity contribution is 6.47. The van der Waals surface area contributed by atoms with Crippen LogP contribution in [-0.2, 0) is 19.2 Å². The van der Waals surface area contributed by atoms with Crippen molar-refractivity contribution in [3.8, 4) is 22.3 Å². The molecule has 0 atom stereocenters. The Morgan fingerprint density at radius 1 is 0.829 bits per heavy atom. The number of oxime groups is 1. The summed E-state index contributed by atoms with van der Waals surface area (Å²) in [5.41, 5.74) is 2.96. The van der Waals surface area contributed by atoms with Gasteiger partial charge in [-0.3, -0.25) is 9.59 Å². The van der Waals surface area contributed by atoms with E-state index < -0.39 is 23.5 Å². The van der Waals surface area contributed by atoms with Crippen LogP contribution < -0.4 is 0 Å². The van der Waals surface area contributed by atoms with Gasteiger partial charge in [-0.1, -0.05) is 91.9 Å². The molecule has 8 heteroatoms. The third kappa shape index (κ3) is 7.39. The van der Waals surface area contributed by atoms with Gasteiger partial charge in [0, 0.05) is 12.5 Å². The van der Waals surface area contributed by atoms with Crippen molar-refractivity contribution in [2.45, 2.75) is 52.4 Å². The Bertz CT molecular complexity index is 1470. The number of benzene rings is 3. The first-order valence-electron chi connectivity index (χ1n) is 13.8.